The van der Waals surface area contributed by atoms with Gasteiger partial charge < -0.3 is 0 Å². The van der Waals surface area contributed by atoms with Crippen molar-refractivity contribution in [2.75, 3.05) is 0 Å². The molecule has 1 aromatic rings. The molecule has 0 heterocycles. The van der Waals surface area contributed by atoms with Crippen LogP contribution in [0.2, 0.25) is 0 Å². The van der Waals surface area contributed by atoms with Gasteiger partial charge in [0.1, 0.15) is 5.40 Å². The van der Waals surface area contributed by atoms with Gasteiger partial charge in [-0.3, -0.25) is 20.2 Å². The third-order valence-corrected chi connectivity index (χ3v) is 2.02. The number of hydrogen-bond donors (Lipinski definition) is 0. The zero-order valence-electron chi connectivity index (χ0n) is 7.11. The summed E-state index contributed by atoms with van der Waals surface area (Å²) in [7, 11) is 0. The SMILES string of the molecule is N#CSc1cc([N+](=O)[O-])cc([N+](=O)[O-])c1. The first-order chi connectivity index (χ1) is 7.04. The van der Waals surface area contributed by atoms with E-state index in [2.05, 4.69) is 0 Å². The van der Waals surface area contributed by atoms with E-state index in [0.717, 1.165) is 18.2 Å². The van der Waals surface area contributed by atoms with Crippen LogP contribution in [0, 0.1) is 30.9 Å². The van der Waals surface area contributed by atoms with Crippen LogP contribution in [0.1, 0.15) is 0 Å². The molecule has 15 heavy (non-hydrogen) atoms. The molecule has 0 saturated heterocycles. The van der Waals surface area contributed by atoms with Gasteiger partial charge in [0.15, 0.2) is 0 Å². The molecule has 1 rings (SSSR count). The van der Waals surface area contributed by atoms with Gasteiger partial charge >= 0.3 is 0 Å². The first kappa shape index (κ1) is 10.9. The number of thiocyanates is 1. The third-order valence-electron chi connectivity index (χ3n) is 1.46. The van der Waals surface area contributed by atoms with Gasteiger partial charge in [-0.05, 0) is 11.8 Å². The van der Waals surface area contributed by atoms with Crippen LogP contribution in [-0.2, 0) is 0 Å². The molecule has 8 heteroatoms. The largest absolute Gasteiger partial charge is 0.277 e. The van der Waals surface area contributed by atoms with Gasteiger partial charge in [-0.1, -0.05) is 0 Å². The van der Waals surface area contributed by atoms with Crippen LogP contribution in [0.4, 0.5) is 11.4 Å². The predicted molar refractivity (Wildman–Crippen MR) is 51.2 cm³/mol. The lowest BCUT2D eigenvalue weighted by molar-refractivity contribution is -0.394. The highest BCUT2D eigenvalue weighted by Gasteiger charge is 2.16. The molecular weight excluding hydrogens is 222 g/mol. The molecule has 0 aliphatic heterocycles. The minimum absolute atomic E-state index is 0.179. The quantitative estimate of drug-likeness (QED) is 0.337. The maximum atomic E-state index is 10.4. The van der Waals surface area contributed by atoms with E-state index in [1.807, 2.05) is 0 Å². The van der Waals surface area contributed by atoms with Crippen molar-refractivity contribution in [3.05, 3.63) is 38.4 Å². The van der Waals surface area contributed by atoms with E-state index in [9.17, 15) is 20.2 Å². The second-order valence-electron chi connectivity index (χ2n) is 2.39. The first-order valence-electron chi connectivity index (χ1n) is 3.54. The molecule has 7 nitrogen and oxygen atoms in total. The normalized spacial score (nSPS) is 9.27. The molecular formula is C7H3N3O4S. The zero-order chi connectivity index (χ0) is 11.4. The Morgan fingerprint density at radius 3 is 1.93 bits per heavy atom. The Morgan fingerprint density at radius 1 is 1.13 bits per heavy atom. The van der Waals surface area contributed by atoms with E-state index in [0.29, 0.717) is 11.8 Å². The predicted octanol–water partition coefficient (Wildman–Crippen LogP) is 2.08. The number of benzene rings is 1. The first-order valence-corrected chi connectivity index (χ1v) is 4.36. The van der Waals surface area contributed by atoms with Gasteiger partial charge in [0, 0.05) is 17.0 Å². The van der Waals surface area contributed by atoms with Crippen molar-refractivity contribution in [3.63, 3.8) is 0 Å². The zero-order valence-corrected chi connectivity index (χ0v) is 7.93. The molecule has 0 amide bonds. The van der Waals surface area contributed by atoms with Crippen molar-refractivity contribution in [2.24, 2.45) is 0 Å². The molecule has 0 aliphatic carbocycles. The smallest absolute Gasteiger partial charge is 0.258 e. The Balaban J connectivity index is 3.27. The number of non-ortho nitro benzene ring substituents is 2. The van der Waals surface area contributed by atoms with E-state index < -0.39 is 21.2 Å². The van der Waals surface area contributed by atoms with Crippen molar-refractivity contribution < 1.29 is 9.85 Å². The van der Waals surface area contributed by atoms with E-state index >= 15 is 0 Å². The number of thioether (sulfide) groups is 1. The minimum Gasteiger partial charge on any atom is -0.258 e. The van der Waals surface area contributed by atoms with Crippen molar-refractivity contribution in [1.29, 1.82) is 5.26 Å². The average molecular weight is 225 g/mol. The topological polar surface area (TPSA) is 110 Å². The molecule has 0 saturated carbocycles. The molecule has 76 valence electrons. The lowest BCUT2D eigenvalue weighted by atomic mass is 10.3. The fourth-order valence-electron chi connectivity index (χ4n) is 0.890. The monoisotopic (exact) mass is 225 g/mol. The summed E-state index contributed by atoms with van der Waals surface area (Å²) in [6, 6.07) is 3.07. The van der Waals surface area contributed by atoms with Gasteiger partial charge in [-0.2, -0.15) is 5.26 Å². The Labute approximate surface area is 87.6 Å². The van der Waals surface area contributed by atoms with E-state index in [1.54, 1.807) is 5.40 Å². The summed E-state index contributed by atoms with van der Waals surface area (Å²) in [6.07, 6.45) is 0. The highest BCUT2D eigenvalue weighted by molar-refractivity contribution is 8.03. The summed E-state index contributed by atoms with van der Waals surface area (Å²) in [4.78, 5) is 19.5. The van der Waals surface area contributed by atoms with Crippen LogP contribution in [-0.4, -0.2) is 9.85 Å². The van der Waals surface area contributed by atoms with Crippen LogP contribution >= 0.6 is 11.8 Å². The number of nitriles is 1. The highest BCUT2D eigenvalue weighted by Crippen LogP contribution is 2.28. The van der Waals surface area contributed by atoms with Gasteiger partial charge in [0.2, 0.25) is 0 Å². The number of nitro benzene ring substituents is 2. The van der Waals surface area contributed by atoms with Crippen LogP contribution in [0.5, 0.6) is 0 Å². The third kappa shape index (κ3) is 2.65. The summed E-state index contributed by atoms with van der Waals surface area (Å²) in [5, 5.41) is 30.9. The van der Waals surface area contributed by atoms with Crippen LogP contribution in [0.3, 0.4) is 0 Å². The van der Waals surface area contributed by atoms with Crippen molar-refractivity contribution in [1.82, 2.24) is 0 Å². The number of nitro groups is 2. The number of hydrogen-bond acceptors (Lipinski definition) is 6. The summed E-state index contributed by atoms with van der Waals surface area (Å²) in [5.41, 5.74) is -0.802. The fourth-order valence-corrected chi connectivity index (χ4v) is 1.36. The number of rotatable bonds is 3. The second-order valence-corrected chi connectivity index (χ2v) is 3.25. The molecule has 0 spiro atoms. The lowest BCUT2D eigenvalue weighted by Crippen LogP contribution is -1.92. The van der Waals surface area contributed by atoms with Gasteiger partial charge in [-0.15, -0.1) is 0 Å². The molecule has 1 aromatic carbocycles. The standard InChI is InChI=1S/C7H3N3O4S/c8-4-15-7-2-5(9(11)12)1-6(3-7)10(13)14/h1-3H. The summed E-state index contributed by atoms with van der Waals surface area (Å²) in [6.45, 7) is 0. The highest BCUT2D eigenvalue weighted by atomic mass is 32.2. The van der Waals surface area contributed by atoms with Crippen LogP contribution in [0.15, 0.2) is 23.1 Å². The van der Waals surface area contributed by atoms with Gasteiger partial charge in [-0.25, -0.2) is 0 Å². The molecule has 0 radical (unpaired) electrons. The fraction of sp³-hybridized carbons (Fsp3) is 0. The summed E-state index contributed by atoms with van der Waals surface area (Å²) >= 11 is 0.635. The molecule has 0 unspecified atom stereocenters. The molecule has 0 aromatic heterocycles. The van der Waals surface area contributed by atoms with Crippen molar-refractivity contribution in [2.45, 2.75) is 4.90 Å². The van der Waals surface area contributed by atoms with Crippen molar-refractivity contribution >= 4 is 23.1 Å². The molecule has 0 fully saturated rings. The summed E-state index contributed by atoms with van der Waals surface area (Å²) < 4.78 is 0. The van der Waals surface area contributed by atoms with Gasteiger partial charge in [0.25, 0.3) is 11.4 Å². The van der Waals surface area contributed by atoms with E-state index in [1.165, 1.54) is 0 Å². The Morgan fingerprint density at radius 2 is 1.60 bits per heavy atom. The van der Waals surface area contributed by atoms with E-state index in [4.69, 9.17) is 5.26 Å². The Kier molecular flexibility index (Phi) is 3.20. The minimum atomic E-state index is -0.742. The molecule has 0 bridgehead atoms. The van der Waals surface area contributed by atoms with Crippen molar-refractivity contribution in [3.8, 4) is 5.40 Å². The second kappa shape index (κ2) is 4.39. The van der Waals surface area contributed by atoms with Crippen LogP contribution in [0.25, 0.3) is 0 Å². The number of nitrogens with zero attached hydrogens (tertiary/aromatic N) is 3. The lowest BCUT2D eigenvalue weighted by Gasteiger charge is -1.95. The summed E-state index contributed by atoms with van der Waals surface area (Å²) in [5.74, 6) is 0. The Hall–Kier alpha value is -2.14. The molecule has 0 atom stereocenters. The van der Waals surface area contributed by atoms with E-state index in [-0.39, 0.29) is 4.90 Å². The maximum Gasteiger partial charge on any atom is 0.277 e. The Bertz CT molecular complexity index is 436. The maximum absolute atomic E-state index is 10.4. The average Bonchev–Trinajstić information content (AvgIpc) is 2.17. The van der Waals surface area contributed by atoms with Gasteiger partial charge in [0.05, 0.1) is 15.9 Å². The molecule has 0 aliphatic rings. The van der Waals surface area contributed by atoms with Crippen LogP contribution < -0.4 is 0 Å². The molecule has 0 N–H and O–H groups in total.